The van der Waals surface area contributed by atoms with Crippen molar-refractivity contribution in [2.24, 2.45) is 0 Å². The van der Waals surface area contributed by atoms with E-state index in [-0.39, 0.29) is 34.1 Å². The quantitative estimate of drug-likeness (QED) is 0.131. The third-order valence-corrected chi connectivity index (χ3v) is 7.71. The molecule has 0 spiro atoms. The number of aromatic carboxylic acids is 2. The SMILES string of the molecule is Cc1cc2cc(C(=O)O)c(O)cc2cc1-c1cc2cc(O)c(-c3cc4cc(O)c(C(=O)O)cc4cc3C)cc2cc1O. The first kappa shape index (κ1) is 26.5. The first-order valence-corrected chi connectivity index (χ1v) is 12.9. The molecule has 208 valence electrons. The fourth-order valence-electron chi connectivity index (χ4n) is 5.58. The first-order chi connectivity index (χ1) is 19.9. The van der Waals surface area contributed by atoms with E-state index in [0.717, 1.165) is 11.1 Å². The van der Waals surface area contributed by atoms with Crippen LogP contribution in [0.4, 0.5) is 0 Å². The Morgan fingerprint density at radius 1 is 0.405 bits per heavy atom. The Labute approximate surface area is 238 Å². The zero-order chi connectivity index (χ0) is 30.0. The van der Waals surface area contributed by atoms with Gasteiger partial charge in [0.2, 0.25) is 0 Å². The predicted molar refractivity (Wildman–Crippen MR) is 160 cm³/mol. The summed E-state index contributed by atoms with van der Waals surface area (Å²) in [5.41, 5.74) is 3.53. The van der Waals surface area contributed by atoms with E-state index in [1.807, 2.05) is 13.8 Å². The second-order valence-corrected chi connectivity index (χ2v) is 10.5. The van der Waals surface area contributed by atoms with Gasteiger partial charge in [0.15, 0.2) is 0 Å². The number of phenolic OH excluding ortho intramolecular Hbond substituents is 2. The second-order valence-electron chi connectivity index (χ2n) is 10.5. The topological polar surface area (TPSA) is 156 Å². The van der Waals surface area contributed by atoms with Crippen molar-refractivity contribution in [2.75, 3.05) is 0 Å². The summed E-state index contributed by atoms with van der Waals surface area (Å²) in [6.07, 6.45) is 0. The molecule has 0 aromatic heterocycles. The van der Waals surface area contributed by atoms with Crippen LogP contribution in [0.15, 0.2) is 72.8 Å². The van der Waals surface area contributed by atoms with Gasteiger partial charge in [-0.3, -0.25) is 0 Å². The zero-order valence-corrected chi connectivity index (χ0v) is 22.4. The van der Waals surface area contributed by atoms with Crippen LogP contribution in [-0.4, -0.2) is 42.6 Å². The highest BCUT2D eigenvalue weighted by Gasteiger charge is 2.18. The number of rotatable bonds is 4. The summed E-state index contributed by atoms with van der Waals surface area (Å²) in [4.78, 5) is 22.9. The Morgan fingerprint density at radius 2 is 0.690 bits per heavy atom. The molecule has 8 heteroatoms. The van der Waals surface area contributed by atoms with Gasteiger partial charge in [-0.2, -0.15) is 0 Å². The molecule has 0 unspecified atom stereocenters. The van der Waals surface area contributed by atoms with E-state index < -0.39 is 11.9 Å². The summed E-state index contributed by atoms with van der Waals surface area (Å²) in [6, 6.07) is 19.4. The fourth-order valence-corrected chi connectivity index (χ4v) is 5.58. The molecule has 0 heterocycles. The molecule has 6 N–H and O–H groups in total. The van der Waals surface area contributed by atoms with E-state index in [4.69, 9.17) is 0 Å². The van der Waals surface area contributed by atoms with Crippen LogP contribution in [0.1, 0.15) is 31.8 Å². The molecule has 6 aromatic carbocycles. The summed E-state index contributed by atoms with van der Waals surface area (Å²) in [6.45, 7) is 3.68. The monoisotopic (exact) mass is 560 g/mol. The van der Waals surface area contributed by atoms with Gasteiger partial charge in [0.25, 0.3) is 0 Å². The lowest BCUT2D eigenvalue weighted by Gasteiger charge is -2.15. The predicted octanol–water partition coefficient (Wildman–Crippen LogP) is 7.32. The maximum atomic E-state index is 11.4. The Morgan fingerprint density at radius 3 is 1.02 bits per heavy atom. The average molecular weight is 561 g/mol. The van der Waals surface area contributed by atoms with Crippen molar-refractivity contribution < 1.29 is 40.2 Å². The molecule has 0 saturated carbocycles. The summed E-state index contributed by atoms with van der Waals surface area (Å²) in [5, 5.41) is 65.0. The highest BCUT2D eigenvalue weighted by Crippen LogP contribution is 2.42. The Bertz CT molecular complexity index is 2010. The molecule has 0 bridgehead atoms. The van der Waals surface area contributed by atoms with Crippen molar-refractivity contribution >= 4 is 44.3 Å². The molecule has 0 aliphatic carbocycles. The van der Waals surface area contributed by atoms with E-state index in [9.17, 15) is 40.2 Å². The van der Waals surface area contributed by atoms with E-state index in [1.165, 1.54) is 24.3 Å². The van der Waals surface area contributed by atoms with Gasteiger partial charge in [0.05, 0.1) is 0 Å². The van der Waals surface area contributed by atoms with Crippen molar-refractivity contribution in [1.82, 2.24) is 0 Å². The summed E-state index contributed by atoms with van der Waals surface area (Å²) >= 11 is 0. The molecule has 0 aliphatic rings. The van der Waals surface area contributed by atoms with Gasteiger partial charge in [0.1, 0.15) is 34.1 Å². The Kier molecular flexibility index (Phi) is 5.93. The average Bonchev–Trinajstić information content (AvgIpc) is 2.91. The lowest BCUT2D eigenvalue weighted by Crippen LogP contribution is -1.97. The van der Waals surface area contributed by atoms with Gasteiger partial charge in [-0.25, -0.2) is 9.59 Å². The van der Waals surface area contributed by atoms with Gasteiger partial charge in [-0.1, -0.05) is 12.1 Å². The van der Waals surface area contributed by atoms with Crippen LogP contribution in [0.2, 0.25) is 0 Å². The summed E-state index contributed by atoms with van der Waals surface area (Å²) in [5.74, 6) is -3.18. The highest BCUT2D eigenvalue weighted by atomic mass is 16.4. The summed E-state index contributed by atoms with van der Waals surface area (Å²) in [7, 11) is 0. The van der Waals surface area contributed by atoms with Gasteiger partial charge in [-0.05, 0) is 129 Å². The van der Waals surface area contributed by atoms with Crippen LogP contribution in [0.5, 0.6) is 23.0 Å². The molecule has 42 heavy (non-hydrogen) atoms. The number of carboxylic acid groups (broad SMARTS) is 2. The number of hydrogen-bond acceptors (Lipinski definition) is 6. The Balaban J connectivity index is 1.48. The lowest BCUT2D eigenvalue weighted by atomic mass is 9.90. The maximum Gasteiger partial charge on any atom is 0.339 e. The van der Waals surface area contributed by atoms with Crippen molar-refractivity contribution in [3.63, 3.8) is 0 Å². The second kappa shape index (κ2) is 9.42. The molecule has 0 atom stereocenters. The number of carbonyl (C=O) groups is 2. The largest absolute Gasteiger partial charge is 0.507 e. The third kappa shape index (κ3) is 4.26. The van der Waals surface area contributed by atoms with Crippen molar-refractivity contribution in [1.29, 1.82) is 0 Å². The molecule has 0 radical (unpaired) electrons. The van der Waals surface area contributed by atoms with E-state index >= 15 is 0 Å². The molecule has 0 fully saturated rings. The molecular formula is C34H24O8. The molecule has 0 aliphatic heterocycles. The minimum Gasteiger partial charge on any atom is -0.507 e. The van der Waals surface area contributed by atoms with Crippen LogP contribution in [0.3, 0.4) is 0 Å². The van der Waals surface area contributed by atoms with Gasteiger partial charge < -0.3 is 30.6 Å². The molecule has 0 saturated heterocycles. The third-order valence-electron chi connectivity index (χ3n) is 7.71. The molecular weight excluding hydrogens is 536 g/mol. The van der Waals surface area contributed by atoms with Crippen molar-refractivity contribution in [3.05, 3.63) is 95.1 Å². The minimum absolute atomic E-state index is 0.00526. The number of carboxylic acids is 2. The number of phenols is 4. The van der Waals surface area contributed by atoms with Crippen LogP contribution in [0.25, 0.3) is 54.6 Å². The Hall–Kier alpha value is -5.76. The molecule has 8 nitrogen and oxygen atoms in total. The highest BCUT2D eigenvalue weighted by molar-refractivity contribution is 6.03. The molecule has 6 rings (SSSR count). The fraction of sp³-hybridized carbons (Fsp3) is 0.0588. The van der Waals surface area contributed by atoms with Gasteiger partial charge in [-0.15, -0.1) is 0 Å². The van der Waals surface area contributed by atoms with Crippen LogP contribution in [0, 0.1) is 13.8 Å². The maximum absolute atomic E-state index is 11.4. The van der Waals surface area contributed by atoms with E-state index in [0.29, 0.717) is 54.6 Å². The molecule has 6 aromatic rings. The standard InChI is InChI=1S/C34H24O8/c1-15-3-17-9-27(33(39)40)31(37)13-19(17)5-23(15)25-7-21-12-30(36)26(8-22(21)11-29(25)35)24-6-20-14-32(38)28(34(41)42)10-18(20)4-16(24)2/h3-14,35-38H,1-2H3,(H,39,40)(H,41,42). The number of benzene rings is 6. The first-order valence-electron chi connectivity index (χ1n) is 12.9. The van der Waals surface area contributed by atoms with Gasteiger partial charge >= 0.3 is 11.9 Å². The normalized spacial score (nSPS) is 11.4. The lowest BCUT2D eigenvalue weighted by molar-refractivity contribution is 0.0682. The van der Waals surface area contributed by atoms with E-state index in [2.05, 4.69) is 0 Å². The van der Waals surface area contributed by atoms with Crippen LogP contribution in [-0.2, 0) is 0 Å². The van der Waals surface area contributed by atoms with Crippen molar-refractivity contribution in [3.8, 4) is 45.3 Å². The van der Waals surface area contributed by atoms with Crippen molar-refractivity contribution in [2.45, 2.75) is 13.8 Å². The minimum atomic E-state index is -1.23. The smallest absolute Gasteiger partial charge is 0.339 e. The number of aryl methyl sites for hydroxylation is 2. The molecule has 0 amide bonds. The van der Waals surface area contributed by atoms with Crippen LogP contribution >= 0.6 is 0 Å². The zero-order valence-electron chi connectivity index (χ0n) is 22.4. The number of aromatic hydroxyl groups is 4. The summed E-state index contributed by atoms with van der Waals surface area (Å²) < 4.78 is 0. The van der Waals surface area contributed by atoms with Gasteiger partial charge in [0, 0.05) is 11.1 Å². The van der Waals surface area contributed by atoms with E-state index in [1.54, 1.807) is 48.5 Å². The number of fused-ring (bicyclic) bond motifs is 3. The van der Waals surface area contributed by atoms with Crippen LogP contribution < -0.4 is 0 Å². The number of hydrogen-bond donors (Lipinski definition) is 6.